The van der Waals surface area contributed by atoms with Crippen molar-refractivity contribution in [3.05, 3.63) is 125 Å². The molecule has 0 aromatic heterocycles. The van der Waals surface area contributed by atoms with Gasteiger partial charge in [0.25, 0.3) is 0 Å². The van der Waals surface area contributed by atoms with Crippen LogP contribution in [0.15, 0.2) is 103 Å². The molecule has 0 saturated carbocycles. The van der Waals surface area contributed by atoms with E-state index < -0.39 is 0 Å². The molecule has 0 N–H and O–H groups in total. The summed E-state index contributed by atoms with van der Waals surface area (Å²) in [6, 6.07) is 17.6. The highest BCUT2D eigenvalue weighted by molar-refractivity contribution is 5.97. The van der Waals surface area contributed by atoms with Gasteiger partial charge in [-0.2, -0.15) is 0 Å². The first-order valence-electron chi connectivity index (χ1n) is 10.1. The van der Waals surface area contributed by atoms with E-state index in [1.807, 2.05) is 6.08 Å². The number of fused-ring (bicyclic) bond motifs is 3. The third-order valence-corrected chi connectivity index (χ3v) is 6.38. The molecule has 1 atom stereocenters. The number of rotatable bonds is 5. The van der Waals surface area contributed by atoms with Crippen molar-refractivity contribution in [1.82, 2.24) is 0 Å². The van der Waals surface area contributed by atoms with Gasteiger partial charge in [-0.3, -0.25) is 0 Å². The van der Waals surface area contributed by atoms with Gasteiger partial charge in [-0.25, -0.2) is 0 Å². The van der Waals surface area contributed by atoms with Gasteiger partial charge in [0.2, 0.25) is 0 Å². The number of allylic oxidation sites excluding steroid dienone is 9. The predicted molar refractivity (Wildman–Crippen MR) is 121 cm³/mol. The lowest BCUT2D eigenvalue weighted by Crippen LogP contribution is -2.30. The van der Waals surface area contributed by atoms with Crippen LogP contribution in [0.2, 0.25) is 0 Å². The molecule has 3 aliphatic rings. The fraction of sp³-hybridized carbons (Fsp3) is 0.143. The van der Waals surface area contributed by atoms with Gasteiger partial charge in [0.1, 0.15) is 0 Å². The van der Waals surface area contributed by atoms with Gasteiger partial charge >= 0.3 is 0 Å². The zero-order valence-electron chi connectivity index (χ0n) is 16.0. The smallest absolute Gasteiger partial charge is 0.0242 e. The summed E-state index contributed by atoms with van der Waals surface area (Å²) in [6.07, 6.45) is 22.6. The summed E-state index contributed by atoms with van der Waals surface area (Å²) < 4.78 is 0. The lowest BCUT2D eigenvalue weighted by molar-refractivity contribution is 0.371. The highest BCUT2D eigenvalue weighted by atomic mass is 14.4. The molecule has 0 aliphatic heterocycles. The van der Waals surface area contributed by atoms with Crippen molar-refractivity contribution >= 4 is 17.7 Å². The van der Waals surface area contributed by atoms with E-state index in [1.54, 1.807) is 0 Å². The van der Waals surface area contributed by atoms with Gasteiger partial charge in [-0.15, -0.1) is 0 Å². The van der Waals surface area contributed by atoms with Gasteiger partial charge in [0, 0.05) is 11.3 Å². The summed E-state index contributed by atoms with van der Waals surface area (Å²) in [5.41, 5.74) is 8.15. The van der Waals surface area contributed by atoms with Crippen LogP contribution >= 0.6 is 0 Å². The molecule has 0 saturated heterocycles. The molecular formula is C28H24. The maximum absolute atomic E-state index is 3.86. The van der Waals surface area contributed by atoms with E-state index >= 15 is 0 Å². The first-order chi connectivity index (χ1) is 13.8. The van der Waals surface area contributed by atoms with E-state index in [2.05, 4.69) is 104 Å². The van der Waals surface area contributed by atoms with Gasteiger partial charge in [-0.1, -0.05) is 104 Å². The predicted octanol–water partition coefficient (Wildman–Crippen LogP) is 7.04. The topological polar surface area (TPSA) is 0 Å². The van der Waals surface area contributed by atoms with Gasteiger partial charge < -0.3 is 0 Å². The monoisotopic (exact) mass is 360 g/mol. The normalized spacial score (nSPS) is 22.0. The van der Waals surface area contributed by atoms with Crippen LogP contribution in [0.1, 0.15) is 28.7 Å². The molecule has 0 spiro atoms. The van der Waals surface area contributed by atoms with Crippen LogP contribution in [0.3, 0.4) is 0 Å². The average molecular weight is 361 g/mol. The molecule has 2 aromatic rings. The number of benzene rings is 2. The van der Waals surface area contributed by atoms with Crippen molar-refractivity contribution in [1.29, 1.82) is 0 Å². The summed E-state index contributed by atoms with van der Waals surface area (Å²) >= 11 is 0. The van der Waals surface area contributed by atoms with Crippen LogP contribution in [0.5, 0.6) is 0 Å². The number of hydrogen-bond donors (Lipinski definition) is 0. The molecule has 0 heteroatoms. The number of aryl methyl sites for hydroxylation is 1. The van der Waals surface area contributed by atoms with Crippen molar-refractivity contribution < 1.29 is 0 Å². The van der Waals surface area contributed by atoms with Crippen LogP contribution < -0.4 is 0 Å². The molecule has 0 heterocycles. The van der Waals surface area contributed by atoms with E-state index in [9.17, 15) is 0 Å². The van der Waals surface area contributed by atoms with Crippen molar-refractivity contribution in [2.45, 2.75) is 12.8 Å². The average Bonchev–Trinajstić information content (AvgIpc) is 3.41. The Labute approximate surface area is 167 Å². The number of hydrogen-bond acceptors (Lipinski definition) is 0. The van der Waals surface area contributed by atoms with Gasteiger partial charge in [0.15, 0.2) is 0 Å². The summed E-state index contributed by atoms with van der Waals surface area (Å²) in [4.78, 5) is 0. The molecule has 3 aliphatic carbocycles. The standard InChI is InChI=1S/C28H24/c1-2-21-13-15-22(16-14-21)17-19-28(24-9-4-5-10-24)18-7-12-26-25-11-6-3-8-23(25)20-27(26)28/h2-16,18,20,24H,1,17,19H2. The molecule has 136 valence electrons. The fourth-order valence-corrected chi connectivity index (χ4v) is 4.84. The Balaban J connectivity index is 1.53. The fourth-order valence-electron chi connectivity index (χ4n) is 4.84. The van der Waals surface area contributed by atoms with Crippen molar-refractivity contribution in [3.63, 3.8) is 0 Å². The van der Waals surface area contributed by atoms with Crippen molar-refractivity contribution in [2.75, 3.05) is 0 Å². The lowest BCUT2D eigenvalue weighted by Gasteiger charge is -2.39. The first-order valence-corrected chi connectivity index (χ1v) is 10.1. The van der Waals surface area contributed by atoms with E-state index in [4.69, 9.17) is 0 Å². The van der Waals surface area contributed by atoms with Crippen LogP contribution in [0.25, 0.3) is 17.7 Å². The minimum atomic E-state index is 0.00368. The highest BCUT2D eigenvalue weighted by Crippen LogP contribution is 2.55. The van der Waals surface area contributed by atoms with E-state index in [-0.39, 0.29) is 5.41 Å². The van der Waals surface area contributed by atoms with E-state index in [0.29, 0.717) is 5.92 Å². The lowest BCUT2D eigenvalue weighted by atomic mass is 9.63. The molecule has 5 rings (SSSR count). The van der Waals surface area contributed by atoms with E-state index in [0.717, 1.165) is 12.8 Å². The molecule has 1 unspecified atom stereocenters. The summed E-state index contributed by atoms with van der Waals surface area (Å²) in [5, 5.41) is 0. The summed E-state index contributed by atoms with van der Waals surface area (Å²) in [5.74, 6) is 0.403. The zero-order chi connectivity index (χ0) is 19.0. The minimum absolute atomic E-state index is 0.00368. The largest absolute Gasteiger partial charge is 0.0985 e. The van der Waals surface area contributed by atoms with Crippen LogP contribution in [0.4, 0.5) is 0 Å². The molecule has 28 heavy (non-hydrogen) atoms. The minimum Gasteiger partial charge on any atom is -0.0985 e. The zero-order valence-corrected chi connectivity index (χ0v) is 16.0. The van der Waals surface area contributed by atoms with Gasteiger partial charge in [-0.05, 0) is 52.3 Å². The third kappa shape index (κ3) is 2.68. The maximum atomic E-state index is 3.86. The van der Waals surface area contributed by atoms with Gasteiger partial charge in [0.05, 0.1) is 0 Å². The Morgan fingerprint density at radius 3 is 2.50 bits per heavy atom. The highest BCUT2D eigenvalue weighted by Gasteiger charge is 2.42. The molecule has 0 amide bonds. The van der Waals surface area contributed by atoms with Crippen molar-refractivity contribution in [3.8, 4) is 0 Å². The second-order valence-corrected chi connectivity index (χ2v) is 7.87. The molecule has 0 fully saturated rings. The summed E-state index contributed by atoms with van der Waals surface area (Å²) in [7, 11) is 0. The van der Waals surface area contributed by atoms with Crippen LogP contribution in [0, 0.1) is 11.3 Å². The Morgan fingerprint density at radius 1 is 0.929 bits per heavy atom. The summed E-state index contributed by atoms with van der Waals surface area (Å²) in [6.45, 7) is 3.86. The second-order valence-electron chi connectivity index (χ2n) is 7.87. The SMILES string of the molecule is C=Cc1ccc(CCC2(C3C=CC=C3)C=CC=C3C2=Cc2ccccc23)cc1. The Bertz CT molecular complexity index is 1060. The Hall–Kier alpha value is -3.12. The van der Waals surface area contributed by atoms with Crippen LogP contribution in [-0.4, -0.2) is 0 Å². The van der Waals surface area contributed by atoms with Crippen LogP contribution in [-0.2, 0) is 6.42 Å². The molecule has 0 bridgehead atoms. The molecular weight excluding hydrogens is 336 g/mol. The third-order valence-electron chi connectivity index (χ3n) is 6.38. The van der Waals surface area contributed by atoms with E-state index in [1.165, 1.54) is 33.4 Å². The molecule has 2 aromatic carbocycles. The van der Waals surface area contributed by atoms with Crippen molar-refractivity contribution in [2.24, 2.45) is 11.3 Å². The Kier molecular flexibility index (Phi) is 4.13. The molecule has 0 nitrogen and oxygen atoms in total. The maximum Gasteiger partial charge on any atom is 0.0242 e. The Morgan fingerprint density at radius 2 is 1.71 bits per heavy atom. The quantitative estimate of drug-likeness (QED) is 0.536. The molecule has 0 radical (unpaired) electrons. The first kappa shape index (κ1) is 17.0. The second kappa shape index (κ2) is 6.80.